The molecule has 0 saturated carbocycles. The molecule has 2 rings (SSSR count). The fourth-order valence-electron chi connectivity index (χ4n) is 1.95. The number of hydrogen-bond donors (Lipinski definition) is 1. The first kappa shape index (κ1) is 18.2. The van der Waals surface area contributed by atoms with Gasteiger partial charge in [0.1, 0.15) is 0 Å². The van der Waals surface area contributed by atoms with Crippen molar-refractivity contribution in [2.45, 2.75) is 0 Å². The monoisotopic (exact) mass is 363 g/mol. The van der Waals surface area contributed by atoms with Gasteiger partial charge in [0.25, 0.3) is 11.6 Å². The van der Waals surface area contributed by atoms with Crippen molar-refractivity contribution < 1.29 is 19.2 Å². The second-order valence-corrected chi connectivity index (χ2v) is 5.14. The fraction of sp³-hybridized carbons (Fsp3) is 0.125. The molecular weight excluding hydrogens is 350 g/mol. The molecule has 130 valence electrons. The lowest BCUT2D eigenvalue weighted by atomic mass is 10.2. The summed E-state index contributed by atoms with van der Waals surface area (Å²) in [6.07, 6.45) is 1.33. The van der Waals surface area contributed by atoms with Crippen molar-refractivity contribution >= 4 is 29.4 Å². The van der Waals surface area contributed by atoms with Crippen LogP contribution in [0.15, 0.2) is 41.5 Å². The number of benzene rings is 2. The molecule has 1 N–H and O–H groups in total. The molecule has 1 amide bonds. The zero-order valence-corrected chi connectivity index (χ0v) is 14.1. The van der Waals surface area contributed by atoms with Crippen molar-refractivity contribution in [3.05, 3.63) is 62.7 Å². The summed E-state index contributed by atoms with van der Waals surface area (Å²) in [6, 6.07) is 8.48. The Kier molecular flexibility index (Phi) is 5.91. The van der Waals surface area contributed by atoms with Crippen molar-refractivity contribution in [1.82, 2.24) is 5.43 Å². The van der Waals surface area contributed by atoms with Crippen LogP contribution in [-0.4, -0.2) is 31.3 Å². The maximum Gasteiger partial charge on any atom is 0.271 e. The van der Waals surface area contributed by atoms with Crippen LogP contribution in [0.5, 0.6) is 11.5 Å². The first-order valence-electron chi connectivity index (χ1n) is 6.95. The minimum absolute atomic E-state index is 0.116. The van der Waals surface area contributed by atoms with E-state index in [9.17, 15) is 14.9 Å². The second kappa shape index (κ2) is 8.11. The normalized spacial score (nSPS) is 10.5. The van der Waals surface area contributed by atoms with Gasteiger partial charge in [-0.25, -0.2) is 5.43 Å². The van der Waals surface area contributed by atoms with Crippen molar-refractivity contribution in [2.75, 3.05) is 14.2 Å². The third-order valence-electron chi connectivity index (χ3n) is 3.19. The van der Waals surface area contributed by atoms with Crippen LogP contribution in [0.1, 0.15) is 15.9 Å². The molecule has 25 heavy (non-hydrogen) atoms. The molecule has 0 saturated heterocycles. The highest BCUT2D eigenvalue weighted by Crippen LogP contribution is 2.32. The predicted molar refractivity (Wildman–Crippen MR) is 92.7 cm³/mol. The highest BCUT2D eigenvalue weighted by molar-refractivity contribution is 6.33. The van der Waals surface area contributed by atoms with Gasteiger partial charge < -0.3 is 9.47 Å². The molecule has 9 heteroatoms. The van der Waals surface area contributed by atoms with Crippen molar-refractivity contribution in [2.24, 2.45) is 5.10 Å². The number of rotatable bonds is 6. The number of ether oxygens (including phenoxy) is 2. The molecule has 0 atom stereocenters. The van der Waals surface area contributed by atoms with E-state index in [2.05, 4.69) is 10.5 Å². The number of carbonyl (C=O) groups excluding carboxylic acids is 1. The number of nitrogens with one attached hydrogen (secondary N) is 1. The Morgan fingerprint density at radius 3 is 2.56 bits per heavy atom. The Labute approximate surface area is 148 Å². The zero-order chi connectivity index (χ0) is 18.4. The molecule has 0 unspecified atom stereocenters. The lowest BCUT2D eigenvalue weighted by Gasteiger charge is -2.09. The van der Waals surface area contributed by atoms with Gasteiger partial charge in [0.15, 0.2) is 11.5 Å². The Morgan fingerprint density at radius 1 is 1.24 bits per heavy atom. The van der Waals surface area contributed by atoms with E-state index in [0.29, 0.717) is 22.1 Å². The Balaban J connectivity index is 2.14. The van der Waals surface area contributed by atoms with Gasteiger partial charge in [0, 0.05) is 29.3 Å². The van der Waals surface area contributed by atoms with Crippen LogP contribution in [0.25, 0.3) is 0 Å². The van der Waals surface area contributed by atoms with E-state index >= 15 is 0 Å². The Morgan fingerprint density at radius 2 is 1.92 bits per heavy atom. The second-order valence-electron chi connectivity index (χ2n) is 4.74. The maximum atomic E-state index is 12.0. The van der Waals surface area contributed by atoms with E-state index in [-0.39, 0.29) is 11.3 Å². The first-order valence-corrected chi connectivity index (χ1v) is 7.33. The van der Waals surface area contributed by atoms with Gasteiger partial charge in [-0.3, -0.25) is 14.9 Å². The minimum Gasteiger partial charge on any atom is -0.493 e. The number of amides is 1. The fourth-order valence-corrected chi connectivity index (χ4v) is 2.16. The van der Waals surface area contributed by atoms with Gasteiger partial charge in [-0.15, -0.1) is 0 Å². The van der Waals surface area contributed by atoms with Crippen LogP contribution < -0.4 is 14.9 Å². The quantitative estimate of drug-likeness (QED) is 0.482. The summed E-state index contributed by atoms with van der Waals surface area (Å²) in [5.41, 5.74) is 2.72. The average Bonchev–Trinajstić information content (AvgIpc) is 2.62. The molecule has 0 spiro atoms. The Hall–Kier alpha value is -3.13. The third kappa shape index (κ3) is 4.45. The number of halogens is 1. The average molecular weight is 364 g/mol. The molecule has 0 aliphatic rings. The smallest absolute Gasteiger partial charge is 0.271 e. The molecule has 0 aliphatic heterocycles. The van der Waals surface area contributed by atoms with Crippen LogP contribution in [0.4, 0.5) is 5.69 Å². The minimum atomic E-state index is -0.587. The highest BCUT2D eigenvalue weighted by atomic mass is 35.5. The molecule has 0 aromatic heterocycles. The van der Waals surface area contributed by atoms with Crippen molar-refractivity contribution in [1.29, 1.82) is 0 Å². The summed E-state index contributed by atoms with van der Waals surface area (Å²) in [5.74, 6) is 0.334. The Bertz CT molecular complexity index is 839. The molecule has 0 heterocycles. The summed E-state index contributed by atoms with van der Waals surface area (Å²) in [6.45, 7) is 0. The standard InChI is InChI=1S/C16H14ClN3O5/c1-24-14-7-11(13(17)8-15(14)25-2)9-18-19-16(21)10-4-3-5-12(6-10)20(22)23/h3-9H,1-2H3,(H,19,21)/b18-9-. The largest absolute Gasteiger partial charge is 0.493 e. The van der Waals surface area contributed by atoms with Gasteiger partial charge in [-0.1, -0.05) is 17.7 Å². The summed E-state index contributed by atoms with van der Waals surface area (Å²) in [4.78, 5) is 22.1. The van der Waals surface area contributed by atoms with Gasteiger partial charge >= 0.3 is 0 Å². The number of nitro benzene ring substituents is 1. The van der Waals surface area contributed by atoms with Gasteiger partial charge in [0.2, 0.25) is 0 Å². The van der Waals surface area contributed by atoms with Crippen LogP contribution in [0.2, 0.25) is 5.02 Å². The number of carbonyl (C=O) groups is 1. The molecule has 2 aromatic carbocycles. The van der Waals surface area contributed by atoms with Crippen LogP contribution in [0.3, 0.4) is 0 Å². The SMILES string of the molecule is COc1cc(Cl)c(/C=N\NC(=O)c2cccc([N+](=O)[O-])c2)cc1OC. The number of hydrogen-bond acceptors (Lipinski definition) is 6. The van der Waals surface area contributed by atoms with Crippen molar-refractivity contribution in [3.8, 4) is 11.5 Å². The summed E-state index contributed by atoms with van der Waals surface area (Å²) in [7, 11) is 2.97. The van der Waals surface area contributed by atoms with E-state index in [1.807, 2.05) is 0 Å². The number of hydrazone groups is 1. The summed E-state index contributed by atoms with van der Waals surface area (Å²) < 4.78 is 10.3. The van der Waals surface area contributed by atoms with Crippen LogP contribution in [-0.2, 0) is 0 Å². The van der Waals surface area contributed by atoms with Gasteiger partial charge in [0.05, 0.1) is 30.4 Å². The van der Waals surface area contributed by atoms with E-state index < -0.39 is 10.8 Å². The third-order valence-corrected chi connectivity index (χ3v) is 3.52. The van der Waals surface area contributed by atoms with Gasteiger partial charge in [-0.05, 0) is 12.1 Å². The predicted octanol–water partition coefficient (Wildman–Crippen LogP) is 3.03. The van der Waals surface area contributed by atoms with E-state index in [1.165, 1.54) is 38.6 Å². The summed E-state index contributed by atoms with van der Waals surface area (Å²) in [5, 5.41) is 14.9. The molecule has 2 aromatic rings. The maximum absolute atomic E-state index is 12.0. The van der Waals surface area contributed by atoms with Gasteiger partial charge in [-0.2, -0.15) is 5.10 Å². The van der Waals surface area contributed by atoms with E-state index in [0.717, 1.165) is 6.07 Å². The number of nitrogens with zero attached hydrogens (tertiary/aromatic N) is 2. The number of non-ortho nitro benzene ring substituents is 1. The first-order chi connectivity index (χ1) is 12.0. The molecular formula is C16H14ClN3O5. The molecule has 0 fully saturated rings. The lowest BCUT2D eigenvalue weighted by molar-refractivity contribution is -0.384. The van der Waals surface area contributed by atoms with Crippen molar-refractivity contribution in [3.63, 3.8) is 0 Å². The van der Waals surface area contributed by atoms with E-state index in [4.69, 9.17) is 21.1 Å². The molecule has 0 aliphatic carbocycles. The lowest BCUT2D eigenvalue weighted by Crippen LogP contribution is -2.17. The molecule has 8 nitrogen and oxygen atoms in total. The highest BCUT2D eigenvalue weighted by Gasteiger charge is 2.11. The van der Waals surface area contributed by atoms with Crippen LogP contribution in [0, 0.1) is 10.1 Å². The number of methoxy groups -OCH3 is 2. The number of nitro groups is 1. The summed E-state index contributed by atoms with van der Waals surface area (Å²) >= 11 is 6.11. The van der Waals surface area contributed by atoms with Crippen LogP contribution >= 0.6 is 11.6 Å². The zero-order valence-electron chi connectivity index (χ0n) is 13.4. The molecule has 0 radical (unpaired) electrons. The topological polar surface area (TPSA) is 103 Å². The van der Waals surface area contributed by atoms with E-state index in [1.54, 1.807) is 12.1 Å². The molecule has 0 bridgehead atoms.